The van der Waals surface area contributed by atoms with Gasteiger partial charge in [-0.25, -0.2) is 22.8 Å². The number of halogens is 1. The Hall–Kier alpha value is -2.37. The Kier molecular flexibility index (Phi) is 5.13. The summed E-state index contributed by atoms with van der Waals surface area (Å²) in [6.45, 7) is 1.67. The third-order valence-corrected chi connectivity index (χ3v) is 6.75. The summed E-state index contributed by atoms with van der Waals surface area (Å²) in [4.78, 5) is 13.1. The number of rotatable bonds is 4. The molecule has 0 atom stereocenters. The van der Waals surface area contributed by atoms with E-state index in [2.05, 4.69) is 25.6 Å². The molecule has 28 heavy (non-hydrogen) atoms. The van der Waals surface area contributed by atoms with Gasteiger partial charge in [-0.15, -0.1) is 22.7 Å². The lowest BCUT2D eigenvalue weighted by Gasteiger charge is -2.13. The zero-order chi connectivity index (χ0) is 19.7. The zero-order valence-electron chi connectivity index (χ0n) is 14.8. The zero-order valence-corrected chi connectivity index (χ0v) is 17.2. The lowest BCUT2D eigenvalue weighted by atomic mass is 10.2. The first kappa shape index (κ1) is 19.0. The van der Waals surface area contributed by atoms with E-state index < -0.39 is 15.7 Å². The van der Waals surface area contributed by atoms with Crippen molar-refractivity contribution in [1.29, 1.82) is 0 Å². The number of aromatic nitrogens is 2. The molecule has 1 aliphatic heterocycles. The number of hydrogen-bond donors (Lipinski definition) is 2. The van der Waals surface area contributed by atoms with E-state index in [0.717, 1.165) is 25.8 Å². The Morgan fingerprint density at radius 2 is 1.96 bits per heavy atom. The second-order valence-electron chi connectivity index (χ2n) is 6.13. The highest BCUT2D eigenvalue weighted by atomic mass is 32.2. The Bertz CT molecular complexity index is 1150. The number of hydrogen-bond acceptors (Lipinski definition) is 9. The first-order valence-corrected chi connectivity index (χ1v) is 12.0. The molecule has 0 saturated carbocycles. The minimum atomic E-state index is -3.60. The Morgan fingerprint density at radius 1 is 1.18 bits per heavy atom. The van der Waals surface area contributed by atoms with Crippen LogP contribution in [0.15, 0.2) is 38.8 Å². The Balaban J connectivity index is 1.55. The van der Waals surface area contributed by atoms with Crippen molar-refractivity contribution in [3.63, 3.8) is 0 Å². The Labute approximate surface area is 169 Å². The first-order chi connectivity index (χ1) is 13.4. The summed E-state index contributed by atoms with van der Waals surface area (Å²) in [5.41, 5.74) is 1.91. The lowest BCUT2D eigenvalue weighted by Crippen LogP contribution is -2.35. The minimum Gasteiger partial charge on any atom is -0.356 e. The van der Waals surface area contributed by atoms with E-state index in [0.29, 0.717) is 33.1 Å². The number of anilines is 1. The normalized spacial score (nSPS) is 14.4. The van der Waals surface area contributed by atoms with Crippen LogP contribution in [0.4, 0.5) is 9.52 Å². The topological polar surface area (TPSA) is 96.3 Å². The number of thiazole rings is 2. The van der Waals surface area contributed by atoms with Crippen LogP contribution in [-0.4, -0.2) is 43.7 Å². The third kappa shape index (κ3) is 4.05. The molecule has 4 rings (SSSR count). The van der Waals surface area contributed by atoms with Crippen LogP contribution >= 0.6 is 22.7 Å². The fraction of sp³-hybridized carbons (Fsp3) is 0.235. The van der Waals surface area contributed by atoms with Gasteiger partial charge in [0.2, 0.25) is 0 Å². The van der Waals surface area contributed by atoms with Crippen molar-refractivity contribution in [3.05, 3.63) is 34.8 Å². The van der Waals surface area contributed by atoms with Crippen LogP contribution in [0.3, 0.4) is 0 Å². The first-order valence-electron chi connectivity index (χ1n) is 8.37. The molecular weight excluding hydrogens is 421 g/mol. The van der Waals surface area contributed by atoms with E-state index in [1.54, 1.807) is 6.07 Å². The highest BCUT2D eigenvalue weighted by Crippen LogP contribution is 2.32. The summed E-state index contributed by atoms with van der Waals surface area (Å²) < 4.78 is 37.3. The van der Waals surface area contributed by atoms with Crippen LogP contribution in [0.5, 0.6) is 0 Å². The smallest absolute Gasteiger partial charge is 0.197 e. The molecule has 0 unspecified atom stereocenters. The molecule has 1 aliphatic rings. The van der Waals surface area contributed by atoms with E-state index in [1.165, 1.54) is 34.8 Å². The molecule has 0 bridgehead atoms. The van der Waals surface area contributed by atoms with Crippen LogP contribution in [-0.2, 0) is 9.84 Å². The van der Waals surface area contributed by atoms with Crippen molar-refractivity contribution in [2.75, 3.05) is 24.7 Å². The molecule has 2 N–H and O–H groups in total. The lowest BCUT2D eigenvalue weighted by molar-refractivity contribution is 0.571. The summed E-state index contributed by atoms with van der Waals surface area (Å²) in [7, 11) is -3.60. The SMILES string of the molecule is CS(=O)(=O)c1ccc(-c2nc(-c3csc(NC4=NCCCN4)n3)cs2)cc1F. The number of benzene rings is 1. The van der Waals surface area contributed by atoms with Gasteiger partial charge in [-0.2, -0.15) is 0 Å². The molecule has 11 heteroatoms. The van der Waals surface area contributed by atoms with Gasteiger partial charge in [0.05, 0.1) is 0 Å². The monoisotopic (exact) mass is 437 g/mol. The maximum absolute atomic E-state index is 14.1. The van der Waals surface area contributed by atoms with Gasteiger partial charge in [-0.1, -0.05) is 6.07 Å². The molecule has 0 fully saturated rings. The molecule has 0 saturated heterocycles. The molecule has 7 nitrogen and oxygen atoms in total. The van der Waals surface area contributed by atoms with E-state index >= 15 is 0 Å². The van der Waals surface area contributed by atoms with Gasteiger partial charge in [-0.3, -0.25) is 4.99 Å². The van der Waals surface area contributed by atoms with Crippen molar-refractivity contribution >= 4 is 43.6 Å². The van der Waals surface area contributed by atoms with Gasteiger partial charge in [0, 0.05) is 35.7 Å². The second kappa shape index (κ2) is 7.57. The maximum atomic E-state index is 14.1. The highest BCUT2D eigenvalue weighted by molar-refractivity contribution is 7.90. The molecule has 0 spiro atoms. The Morgan fingerprint density at radius 3 is 2.68 bits per heavy atom. The maximum Gasteiger partial charge on any atom is 0.197 e. The minimum absolute atomic E-state index is 0.317. The molecule has 3 aromatic rings. The van der Waals surface area contributed by atoms with Gasteiger partial charge < -0.3 is 10.6 Å². The van der Waals surface area contributed by atoms with E-state index in [1.807, 2.05) is 10.8 Å². The summed E-state index contributed by atoms with van der Waals surface area (Å²) in [6, 6.07) is 4.02. The highest BCUT2D eigenvalue weighted by Gasteiger charge is 2.16. The van der Waals surface area contributed by atoms with Crippen LogP contribution in [0.1, 0.15) is 6.42 Å². The standard InChI is InChI=1S/C17H16FN5O2S3/c1-28(24,25)14-4-3-10(7-11(14)18)15-21-12(8-26-15)13-9-27-17(22-13)23-16-19-5-2-6-20-16/h3-4,7-9H,2,5-6H2,1H3,(H2,19,20,22,23). The number of nitrogens with one attached hydrogen (secondary N) is 2. The molecule has 2 aromatic heterocycles. The van der Waals surface area contributed by atoms with Gasteiger partial charge in [0.1, 0.15) is 27.1 Å². The van der Waals surface area contributed by atoms with E-state index in [-0.39, 0.29) is 4.90 Å². The van der Waals surface area contributed by atoms with Crippen molar-refractivity contribution < 1.29 is 12.8 Å². The largest absolute Gasteiger partial charge is 0.356 e. The predicted octanol–water partition coefficient (Wildman–Crippen LogP) is 3.24. The van der Waals surface area contributed by atoms with Crippen LogP contribution in [0.2, 0.25) is 0 Å². The van der Waals surface area contributed by atoms with Crippen molar-refractivity contribution in [3.8, 4) is 22.0 Å². The molecule has 0 radical (unpaired) electrons. The number of sulfone groups is 1. The van der Waals surface area contributed by atoms with Crippen LogP contribution in [0, 0.1) is 5.82 Å². The molecular formula is C17H16FN5O2S3. The number of guanidine groups is 1. The fourth-order valence-corrected chi connectivity index (χ4v) is 4.87. The van der Waals surface area contributed by atoms with E-state index in [9.17, 15) is 12.8 Å². The fourth-order valence-electron chi connectivity index (χ4n) is 2.62. The van der Waals surface area contributed by atoms with Gasteiger partial charge >= 0.3 is 0 Å². The predicted molar refractivity (Wildman–Crippen MR) is 110 cm³/mol. The second-order valence-corrected chi connectivity index (χ2v) is 9.83. The molecule has 0 amide bonds. The third-order valence-electron chi connectivity index (χ3n) is 3.97. The summed E-state index contributed by atoms with van der Waals surface area (Å²) in [5.74, 6) is -0.0646. The van der Waals surface area contributed by atoms with Crippen molar-refractivity contribution in [1.82, 2.24) is 15.3 Å². The number of nitrogens with zero attached hydrogens (tertiary/aromatic N) is 3. The van der Waals surface area contributed by atoms with Gasteiger partial charge in [0.25, 0.3) is 0 Å². The summed E-state index contributed by atoms with van der Waals surface area (Å²) in [6.07, 6.45) is 2.00. The summed E-state index contributed by atoms with van der Waals surface area (Å²) in [5, 5.41) is 11.4. The van der Waals surface area contributed by atoms with Gasteiger partial charge in [0.15, 0.2) is 20.9 Å². The van der Waals surface area contributed by atoms with E-state index in [4.69, 9.17) is 0 Å². The molecule has 3 heterocycles. The van der Waals surface area contributed by atoms with Crippen molar-refractivity contribution in [2.24, 2.45) is 4.99 Å². The quantitative estimate of drug-likeness (QED) is 0.651. The average molecular weight is 438 g/mol. The van der Waals surface area contributed by atoms with Crippen LogP contribution in [0.25, 0.3) is 22.0 Å². The van der Waals surface area contributed by atoms with Crippen LogP contribution < -0.4 is 10.6 Å². The number of aliphatic imine (C=N–C) groups is 1. The van der Waals surface area contributed by atoms with Crippen molar-refractivity contribution in [2.45, 2.75) is 11.3 Å². The van der Waals surface area contributed by atoms with Gasteiger partial charge in [-0.05, 0) is 18.6 Å². The molecule has 146 valence electrons. The average Bonchev–Trinajstić information content (AvgIpc) is 3.31. The molecule has 1 aromatic carbocycles. The summed E-state index contributed by atoms with van der Waals surface area (Å²) >= 11 is 2.79. The molecule has 0 aliphatic carbocycles.